The van der Waals surface area contributed by atoms with E-state index in [0.29, 0.717) is 5.82 Å². The van der Waals surface area contributed by atoms with Gasteiger partial charge in [0, 0.05) is 38.7 Å². The summed E-state index contributed by atoms with van der Waals surface area (Å²) in [4.78, 5) is 10.3. The van der Waals surface area contributed by atoms with Crippen molar-refractivity contribution in [3.63, 3.8) is 0 Å². The largest absolute Gasteiger partial charge is 0.309 e. The number of hydrogen-bond acceptors (Lipinski definition) is 2. The van der Waals surface area contributed by atoms with Gasteiger partial charge in [0.15, 0.2) is 5.82 Å². The van der Waals surface area contributed by atoms with Crippen LogP contribution in [-0.4, -0.2) is 14.5 Å². The number of hydrogen-bond donors (Lipinski definition) is 0. The van der Waals surface area contributed by atoms with Crippen molar-refractivity contribution in [2.24, 2.45) is 0 Å². The first kappa shape index (κ1) is 32.3. The van der Waals surface area contributed by atoms with Crippen molar-refractivity contribution in [3.8, 4) is 73.0 Å². The molecule has 0 N–H and O–H groups in total. The van der Waals surface area contributed by atoms with Crippen LogP contribution in [0.2, 0.25) is 0 Å². The Hall–Kier alpha value is -7.36. The topological polar surface area (TPSA) is 30.7 Å². The lowest BCUT2D eigenvalue weighted by Gasteiger charge is -2.15. The van der Waals surface area contributed by atoms with Crippen LogP contribution in [0.25, 0.3) is 94.8 Å². The summed E-state index contributed by atoms with van der Waals surface area (Å²) in [7, 11) is 0. The Morgan fingerprint density at radius 2 is 0.818 bits per heavy atom. The number of nitrogens with zero attached hydrogens (tertiary/aromatic N) is 3. The molecular formula is C52H35N3. The maximum Gasteiger partial charge on any atom is 0.160 e. The fourth-order valence-corrected chi connectivity index (χ4v) is 7.75. The third-order valence-corrected chi connectivity index (χ3v) is 10.4. The van der Waals surface area contributed by atoms with Gasteiger partial charge < -0.3 is 4.57 Å². The van der Waals surface area contributed by atoms with Crippen LogP contribution >= 0.6 is 0 Å². The van der Waals surface area contributed by atoms with Crippen LogP contribution in [0.1, 0.15) is 0 Å². The fourth-order valence-electron chi connectivity index (χ4n) is 7.75. The minimum absolute atomic E-state index is 0.687. The van der Waals surface area contributed by atoms with E-state index in [1.165, 1.54) is 44.2 Å². The van der Waals surface area contributed by atoms with Gasteiger partial charge in [0.25, 0.3) is 0 Å². The van der Waals surface area contributed by atoms with Gasteiger partial charge in [0.1, 0.15) is 0 Å². The lowest BCUT2D eigenvalue weighted by Crippen LogP contribution is -1.99. The number of aromatic nitrogens is 3. The molecule has 0 radical (unpaired) electrons. The lowest BCUT2D eigenvalue weighted by atomic mass is 9.93. The Morgan fingerprint density at radius 3 is 1.47 bits per heavy atom. The Bertz CT molecular complexity index is 2890. The van der Waals surface area contributed by atoms with Crippen LogP contribution in [0.15, 0.2) is 212 Å². The molecule has 0 fully saturated rings. The highest BCUT2D eigenvalue weighted by atomic mass is 15.0. The summed E-state index contributed by atoms with van der Waals surface area (Å²) in [6, 6.07) is 75.2. The molecule has 0 saturated heterocycles. The average Bonchev–Trinajstić information content (AvgIpc) is 3.61. The lowest BCUT2D eigenvalue weighted by molar-refractivity contribution is 1.16. The first-order valence-electron chi connectivity index (χ1n) is 18.7. The first-order valence-corrected chi connectivity index (χ1v) is 18.7. The molecule has 0 atom stereocenters. The van der Waals surface area contributed by atoms with Gasteiger partial charge in [-0.1, -0.05) is 170 Å². The van der Waals surface area contributed by atoms with Crippen LogP contribution in [-0.2, 0) is 0 Å². The molecule has 0 bridgehead atoms. The molecule has 8 aromatic carbocycles. The van der Waals surface area contributed by atoms with Crippen LogP contribution < -0.4 is 0 Å². The van der Waals surface area contributed by atoms with Crippen molar-refractivity contribution < 1.29 is 0 Å². The van der Waals surface area contributed by atoms with Crippen molar-refractivity contribution >= 4 is 21.8 Å². The second-order valence-electron chi connectivity index (χ2n) is 13.8. The summed E-state index contributed by atoms with van der Waals surface area (Å²) < 4.78 is 2.42. The molecule has 55 heavy (non-hydrogen) atoms. The van der Waals surface area contributed by atoms with Gasteiger partial charge in [0.2, 0.25) is 0 Å². The summed E-state index contributed by atoms with van der Waals surface area (Å²) in [6.45, 7) is 0. The Balaban J connectivity index is 1.19. The molecule has 3 heteroatoms. The van der Waals surface area contributed by atoms with E-state index < -0.39 is 0 Å². The van der Waals surface area contributed by atoms with Gasteiger partial charge >= 0.3 is 0 Å². The average molecular weight is 702 g/mol. The molecule has 10 aromatic rings. The molecule has 0 saturated carbocycles. The zero-order chi connectivity index (χ0) is 36.6. The van der Waals surface area contributed by atoms with E-state index in [9.17, 15) is 0 Å². The number of benzene rings is 8. The molecule has 10 rings (SSSR count). The minimum atomic E-state index is 0.687. The second-order valence-corrected chi connectivity index (χ2v) is 13.8. The maximum atomic E-state index is 5.17. The molecule has 0 unspecified atom stereocenters. The number of fused-ring (bicyclic) bond motifs is 3. The summed E-state index contributed by atoms with van der Waals surface area (Å²) >= 11 is 0. The third kappa shape index (κ3) is 6.08. The van der Waals surface area contributed by atoms with Gasteiger partial charge in [-0.25, -0.2) is 9.97 Å². The highest BCUT2D eigenvalue weighted by Gasteiger charge is 2.20. The van der Waals surface area contributed by atoms with Gasteiger partial charge in [-0.05, 0) is 70.3 Å². The number of para-hydroxylation sites is 1. The highest BCUT2D eigenvalue weighted by Crippen LogP contribution is 2.42. The number of rotatable bonds is 7. The molecule has 2 aromatic heterocycles. The SMILES string of the molecule is c1ccc(-c2cccc(-c3cc(-c4ccccc4)c4c(c3)c3ccccc3n4-c3cccc(-c4nc(-c5ccccc5)cc(-c5ccccc5)n4)c3)c2)cc1. The summed E-state index contributed by atoms with van der Waals surface area (Å²) in [5.74, 6) is 0.687. The first-order chi connectivity index (χ1) is 27.3. The summed E-state index contributed by atoms with van der Waals surface area (Å²) in [5.41, 5.74) is 15.3. The van der Waals surface area contributed by atoms with Crippen LogP contribution in [0.3, 0.4) is 0 Å². The molecule has 0 spiro atoms. The second kappa shape index (κ2) is 13.9. The third-order valence-electron chi connectivity index (χ3n) is 10.4. The molecule has 0 aliphatic carbocycles. The van der Waals surface area contributed by atoms with E-state index in [0.717, 1.165) is 44.8 Å². The summed E-state index contributed by atoms with van der Waals surface area (Å²) in [5, 5.41) is 2.41. The van der Waals surface area contributed by atoms with E-state index in [1.54, 1.807) is 0 Å². The summed E-state index contributed by atoms with van der Waals surface area (Å²) in [6.07, 6.45) is 0. The molecule has 0 amide bonds. The Labute approximate surface area is 320 Å². The van der Waals surface area contributed by atoms with E-state index in [1.807, 2.05) is 12.1 Å². The fraction of sp³-hybridized carbons (Fsp3) is 0. The normalized spacial score (nSPS) is 11.3. The highest BCUT2D eigenvalue weighted by molar-refractivity contribution is 6.15. The predicted molar refractivity (Wildman–Crippen MR) is 229 cm³/mol. The van der Waals surface area contributed by atoms with E-state index in [2.05, 4.69) is 205 Å². The minimum Gasteiger partial charge on any atom is -0.309 e. The quantitative estimate of drug-likeness (QED) is 0.166. The van der Waals surface area contributed by atoms with Crippen molar-refractivity contribution in [1.82, 2.24) is 14.5 Å². The molecule has 2 heterocycles. The Morgan fingerprint density at radius 1 is 0.309 bits per heavy atom. The monoisotopic (exact) mass is 701 g/mol. The standard InChI is InChI=1S/C52H35N3/c1-5-17-36(18-6-1)40-25-15-26-41(31-40)43-33-46(37-19-7-2-8-20-37)51-47(34-43)45-29-13-14-30-50(45)55(51)44-28-16-27-42(32-44)52-53-48(38-21-9-3-10-22-38)35-49(54-52)39-23-11-4-12-24-39/h1-35H. The smallest absolute Gasteiger partial charge is 0.160 e. The molecule has 3 nitrogen and oxygen atoms in total. The molecule has 258 valence electrons. The van der Waals surface area contributed by atoms with Crippen molar-refractivity contribution in [3.05, 3.63) is 212 Å². The zero-order valence-electron chi connectivity index (χ0n) is 30.0. The Kier molecular flexibility index (Phi) is 8.16. The van der Waals surface area contributed by atoms with E-state index >= 15 is 0 Å². The van der Waals surface area contributed by atoms with Gasteiger partial charge in [0.05, 0.1) is 22.4 Å². The zero-order valence-corrected chi connectivity index (χ0v) is 30.0. The molecular weight excluding hydrogens is 667 g/mol. The van der Waals surface area contributed by atoms with Crippen molar-refractivity contribution in [2.75, 3.05) is 0 Å². The van der Waals surface area contributed by atoms with E-state index in [-0.39, 0.29) is 0 Å². The molecule has 0 aliphatic heterocycles. The predicted octanol–water partition coefficient (Wildman–Crippen LogP) is 13.6. The van der Waals surface area contributed by atoms with Crippen LogP contribution in [0.5, 0.6) is 0 Å². The van der Waals surface area contributed by atoms with Crippen LogP contribution in [0, 0.1) is 0 Å². The van der Waals surface area contributed by atoms with Gasteiger partial charge in [-0.2, -0.15) is 0 Å². The van der Waals surface area contributed by atoms with Crippen LogP contribution in [0.4, 0.5) is 0 Å². The van der Waals surface area contributed by atoms with Crippen molar-refractivity contribution in [2.45, 2.75) is 0 Å². The van der Waals surface area contributed by atoms with E-state index in [4.69, 9.17) is 9.97 Å². The van der Waals surface area contributed by atoms with Crippen molar-refractivity contribution in [1.29, 1.82) is 0 Å². The van der Waals surface area contributed by atoms with Gasteiger partial charge in [-0.15, -0.1) is 0 Å². The molecule has 0 aliphatic rings. The maximum absolute atomic E-state index is 5.17. The van der Waals surface area contributed by atoms with Gasteiger partial charge in [-0.3, -0.25) is 0 Å².